The van der Waals surface area contributed by atoms with Crippen molar-refractivity contribution in [2.75, 3.05) is 13.2 Å². The second-order valence-electron chi connectivity index (χ2n) is 6.86. The minimum absolute atomic E-state index is 0.0476. The Labute approximate surface area is 163 Å². The number of carbonyl (C=O) groups is 2. The molecule has 0 aliphatic carbocycles. The number of hydrogen-bond donors (Lipinski definition) is 2. The van der Waals surface area contributed by atoms with Crippen molar-refractivity contribution in [2.45, 2.75) is 18.9 Å². The summed E-state index contributed by atoms with van der Waals surface area (Å²) in [6.45, 7) is 0.878. The van der Waals surface area contributed by atoms with Gasteiger partial charge in [-0.05, 0) is 29.0 Å². The number of amides is 2. The van der Waals surface area contributed by atoms with Crippen LogP contribution in [0.3, 0.4) is 0 Å². The highest BCUT2D eigenvalue weighted by Gasteiger charge is 2.22. The summed E-state index contributed by atoms with van der Waals surface area (Å²) in [6.07, 6.45) is 0.977. The van der Waals surface area contributed by atoms with Gasteiger partial charge in [0.1, 0.15) is 5.75 Å². The highest BCUT2D eigenvalue weighted by molar-refractivity contribution is 5.98. The largest absolute Gasteiger partial charge is 0.493 e. The minimum atomic E-state index is -0.171. The van der Waals surface area contributed by atoms with Crippen LogP contribution < -0.4 is 15.4 Å². The van der Waals surface area contributed by atoms with Crippen LogP contribution in [-0.2, 0) is 4.79 Å². The quantitative estimate of drug-likeness (QED) is 0.717. The first-order valence-electron chi connectivity index (χ1n) is 9.49. The van der Waals surface area contributed by atoms with Crippen LogP contribution in [-0.4, -0.2) is 25.0 Å². The van der Waals surface area contributed by atoms with E-state index in [1.165, 1.54) is 0 Å². The van der Waals surface area contributed by atoms with Gasteiger partial charge in [0.2, 0.25) is 5.91 Å². The molecule has 2 N–H and O–H groups in total. The summed E-state index contributed by atoms with van der Waals surface area (Å²) in [5.41, 5.74) is 1.60. The third-order valence-corrected chi connectivity index (χ3v) is 4.94. The molecule has 3 aromatic carbocycles. The Bertz CT molecular complexity index is 1020. The number of fused-ring (bicyclic) bond motifs is 2. The number of para-hydroxylation sites is 1. The maximum absolute atomic E-state index is 12.4. The first-order valence-corrected chi connectivity index (χ1v) is 9.49. The Morgan fingerprint density at radius 3 is 2.64 bits per heavy atom. The van der Waals surface area contributed by atoms with E-state index in [-0.39, 0.29) is 24.3 Å². The van der Waals surface area contributed by atoms with E-state index in [0.29, 0.717) is 18.7 Å². The van der Waals surface area contributed by atoms with Crippen molar-refractivity contribution in [3.8, 4) is 5.75 Å². The lowest BCUT2D eigenvalue weighted by molar-refractivity contribution is -0.121. The van der Waals surface area contributed by atoms with E-state index in [1.807, 2.05) is 60.7 Å². The molecule has 1 aliphatic rings. The van der Waals surface area contributed by atoms with E-state index in [1.54, 1.807) is 6.07 Å². The van der Waals surface area contributed by atoms with Gasteiger partial charge in [0, 0.05) is 30.5 Å². The fraction of sp³-hybridized carbons (Fsp3) is 0.217. The number of ether oxygens (including phenoxy) is 1. The molecule has 0 radical (unpaired) electrons. The van der Waals surface area contributed by atoms with Crippen LogP contribution in [0.15, 0.2) is 66.7 Å². The number of carbonyl (C=O) groups excluding carboxylic acids is 2. The molecule has 3 aromatic rings. The van der Waals surface area contributed by atoms with Crippen molar-refractivity contribution in [1.29, 1.82) is 0 Å². The van der Waals surface area contributed by atoms with Gasteiger partial charge < -0.3 is 15.4 Å². The van der Waals surface area contributed by atoms with Crippen LogP contribution in [0.5, 0.6) is 5.75 Å². The zero-order valence-electron chi connectivity index (χ0n) is 15.5. The van der Waals surface area contributed by atoms with Crippen molar-refractivity contribution >= 4 is 22.6 Å². The second-order valence-corrected chi connectivity index (χ2v) is 6.86. The molecule has 0 bridgehead atoms. The lowest BCUT2D eigenvalue weighted by Gasteiger charge is -2.26. The molecular formula is C23H22N2O3. The molecule has 5 heteroatoms. The predicted molar refractivity (Wildman–Crippen MR) is 108 cm³/mol. The SMILES string of the molecule is O=C(CCNC(=O)c1ccc2ccccc2c1)NC1CCOc2ccccc21. The van der Waals surface area contributed by atoms with Gasteiger partial charge in [-0.25, -0.2) is 0 Å². The first kappa shape index (κ1) is 18.0. The maximum Gasteiger partial charge on any atom is 0.251 e. The maximum atomic E-state index is 12.4. The van der Waals surface area contributed by atoms with Crippen LogP contribution in [0.4, 0.5) is 0 Å². The monoisotopic (exact) mass is 374 g/mol. The highest BCUT2D eigenvalue weighted by atomic mass is 16.5. The molecule has 5 nitrogen and oxygen atoms in total. The third-order valence-electron chi connectivity index (χ3n) is 4.94. The average molecular weight is 374 g/mol. The summed E-state index contributed by atoms with van der Waals surface area (Å²) < 4.78 is 5.62. The lowest BCUT2D eigenvalue weighted by Crippen LogP contribution is -2.34. The molecule has 2 amide bonds. The number of nitrogens with one attached hydrogen (secondary N) is 2. The molecule has 1 atom stereocenters. The number of hydrogen-bond acceptors (Lipinski definition) is 3. The average Bonchev–Trinajstić information content (AvgIpc) is 2.73. The van der Waals surface area contributed by atoms with Crippen molar-refractivity contribution in [3.05, 3.63) is 77.9 Å². The zero-order valence-corrected chi connectivity index (χ0v) is 15.5. The number of benzene rings is 3. The normalized spacial score (nSPS) is 15.4. The third kappa shape index (κ3) is 3.98. The Kier molecular flexibility index (Phi) is 5.24. The lowest BCUT2D eigenvalue weighted by atomic mass is 10.0. The summed E-state index contributed by atoms with van der Waals surface area (Å²) in [5.74, 6) is 0.569. The molecular weight excluding hydrogens is 352 g/mol. The van der Waals surface area contributed by atoms with Gasteiger partial charge in [-0.15, -0.1) is 0 Å². The molecule has 1 heterocycles. The molecule has 1 unspecified atom stereocenters. The predicted octanol–water partition coefficient (Wildman–Crippen LogP) is 3.60. The van der Waals surface area contributed by atoms with Crippen molar-refractivity contribution in [3.63, 3.8) is 0 Å². The van der Waals surface area contributed by atoms with Crippen molar-refractivity contribution < 1.29 is 14.3 Å². The summed E-state index contributed by atoms with van der Waals surface area (Å²) >= 11 is 0. The van der Waals surface area contributed by atoms with E-state index in [0.717, 1.165) is 28.5 Å². The zero-order chi connectivity index (χ0) is 19.3. The van der Waals surface area contributed by atoms with Crippen LogP contribution in [0, 0.1) is 0 Å². The van der Waals surface area contributed by atoms with E-state index in [4.69, 9.17) is 4.74 Å². The van der Waals surface area contributed by atoms with Crippen LogP contribution in [0.25, 0.3) is 10.8 Å². The molecule has 0 aromatic heterocycles. The fourth-order valence-corrected chi connectivity index (χ4v) is 3.48. The van der Waals surface area contributed by atoms with Crippen LogP contribution in [0.1, 0.15) is 34.8 Å². The van der Waals surface area contributed by atoms with E-state index in [2.05, 4.69) is 10.6 Å². The Morgan fingerprint density at radius 1 is 0.964 bits per heavy atom. The molecule has 142 valence electrons. The molecule has 28 heavy (non-hydrogen) atoms. The molecule has 1 aliphatic heterocycles. The molecule has 0 fully saturated rings. The van der Waals surface area contributed by atoms with Crippen LogP contribution >= 0.6 is 0 Å². The smallest absolute Gasteiger partial charge is 0.251 e. The molecule has 0 saturated heterocycles. The van der Waals surface area contributed by atoms with Crippen molar-refractivity contribution in [2.24, 2.45) is 0 Å². The van der Waals surface area contributed by atoms with E-state index < -0.39 is 0 Å². The molecule has 0 spiro atoms. The molecule has 0 saturated carbocycles. The van der Waals surface area contributed by atoms with E-state index >= 15 is 0 Å². The Morgan fingerprint density at radius 2 is 1.75 bits per heavy atom. The Balaban J connectivity index is 1.30. The van der Waals surface area contributed by atoms with Crippen molar-refractivity contribution in [1.82, 2.24) is 10.6 Å². The van der Waals surface area contributed by atoms with Gasteiger partial charge in [-0.1, -0.05) is 48.5 Å². The highest BCUT2D eigenvalue weighted by Crippen LogP contribution is 2.31. The summed E-state index contributed by atoms with van der Waals surface area (Å²) in [5, 5.41) is 7.98. The first-order chi connectivity index (χ1) is 13.7. The summed E-state index contributed by atoms with van der Waals surface area (Å²) in [7, 11) is 0. The van der Waals surface area contributed by atoms with E-state index in [9.17, 15) is 9.59 Å². The van der Waals surface area contributed by atoms with Gasteiger partial charge >= 0.3 is 0 Å². The number of rotatable bonds is 5. The van der Waals surface area contributed by atoms with Gasteiger partial charge in [0.25, 0.3) is 5.91 Å². The minimum Gasteiger partial charge on any atom is -0.493 e. The summed E-state index contributed by atoms with van der Waals surface area (Å²) in [4.78, 5) is 24.7. The van der Waals surface area contributed by atoms with Gasteiger partial charge in [0.05, 0.1) is 12.6 Å². The molecule has 4 rings (SSSR count). The Hall–Kier alpha value is -3.34. The fourth-order valence-electron chi connectivity index (χ4n) is 3.48. The van der Waals surface area contributed by atoms with Gasteiger partial charge in [0.15, 0.2) is 0 Å². The second kappa shape index (κ2) is 8.13. The van der Waals surface area contributed by atoms with Crippen LogP contribution in [0.2, 0.25) is 0 Å². The standard InChI is InChI=1S/C23H22N2O3/c26-22(25-20-12-14-28-21-8-4-3-7-19(20)21)11-13-24-23(27)18-10-9-16-5-1-2-6-17(16)15-18/h1-10,15,20H,11-14H2,(H,24,27)(H,25,26). The summed E-state index contributed by atoms with van der Waals surface area (Å²) in [6, 6.07) is 21.2. The van der Waals surface area contributed by atoms with Gasteiger partial charge in [-0.3, -0.25) is 9.59 Å². The topological polar surface area (TPSA) is 67.4 Å². The van der Waals surface area contributed by atoms with Gasteiger partial charge in [-0.2, -0.15) is 0 Å².